The number of aliphatic hydroxyl groups is 1. The Hall–Kier alpha value is -0.580. The predicted octanol–water partition coefficient (Wildman–Crippen LogP) is 0.598. The van der Waals surface area contributed by atoms with Crippen molar-refractivity contribution in [2.24, 2.45) is 0 Å². The minimum absolute atomic E-state index is 0.0352. The molecule has 1 aliphatic carbocycles. The Balaban J connectivity index is 1.87. The average Bonchev–Trinajstić information content (AvgIpc) is 2.40. The Bertz CT molecular complexity index is 290. The molecular formula is C11H16O4. The van der Waals surface area contributed by atoms with Crippen molar-refractivity contribution in [3.05, 3.63) is 12.3 Å². The zero-order chi connectivity index (χ0) is 10.5. The van der Waals surface area contributed by atoms with Gasteiger partial charge in [0.1, 0.15) is 23.6 Å². The van der Waals surface area contributed by atoms with E-state index in [0.29, 0.717) is 31.8 Å². The second kappa shape index (κ2) is 3.20. The third-order valence-corrected chi connectivity index (χ3v) is 3.55. The first kappa shape index (κ1) is 9.63. The SMILES string of the molecule is C=C1O[C@@H]2C[C@@]1(O)C[C@H]1OCCCO[C@H]12. The monoisotopic (exact) mass is 212 g/mol. The zero-order valence-corrected chi connectivity index (χ0v) is 8.65. The standard InChI is InChI=1S/C11H16O4/c1-7-11(12)5-8-10(9(6-11)15-7)14-4-2-3-13-8/h8-10,12H,1-6H2/t8-,9-,10-,11+/m1/s1. The fourth-order valence-electron chi connectivity index (χ4n) is 2.73. The van der Waals surface area contributed by atoms with Gasteiger partial charge in [0, 0.05) is 26.1 Å². The van der Waals surface area contributed by atoms with Gasteiger partial charge >= 0.3 is 0 Å². The van der Waals surface area contributed by atoms with Gasteiger partial charge in [0.05, 0.1) is 6.10 Å². The number of hydrogen-bond donors (Lipinski definition) is 1. The molecule has 4 heteroatoms. The van der Waals surface area contributed by atoms with Gasteiger partial charge in [-0.3, -0.25) is 0 Å². The van der Waals surface area contributed by atoms with Gasteiger partial charge in [0.25, 0.3) is 0 Å². The fourth-order valence-corrected chi connectivity index (χ4v) is 2.73. The molecule has 2 aliphatic heterocycles. The van der Waals surface area contributed by atoms with Crippen LogP contribution in [0.25, 0.3) is 0 Å². The third-order valence-electron chi connectivity index (χ3n) is 3.55. The predicted molar refractivity (Wildman–Crippen MR) is 52.3 cm³/mol. The molecule has 0 amide bonds. The van der Waals surface area contributed by atoms with Gasteiger partial charge in [0.15, 0.2) is 0 Å². The Morgan fingerprint density at radius 3 is 2.80 bits per heavy atom. The van der Waals surface area contributed by atoms with E-state index in [1.54, 1.807) is 0 Å². The lowest BCUT2D eigenvalue weighted by molar-refractivity contribution is -0.122. The molecule has 3 aliphatic rings. The smallest absolute Gasteiger partial charge is 0.130 e. The van der Waals surface area contributed by atoms with Crippen LogP contribution in [0.2, 0.25) is 0 Å². The van der Waals surface area contributed by atoms with Gasteiger partial charge in [-0.25, -0.2) is 0 Å². The van der Waals surface area contributed by atoms with Crippen molar-refractivity contribution >= 4 is 0 Å². The Kier molecular flexibility index (Phi) is 2.06. The van der Waals surface area contributed by atoms with Crippen LogP contribution in [0.1, 0.15) is 19.3 Å². The highest BCUT2D eigenvalue weighted by atomic mass is 16.6. The van der Waals surface area contributed by atoms with Crippen molar-refractivity contribution in [1.82, 2.24) is 0 Å². The molecule has 0 aromatic rings. The highest BCUT2D eigenvalue weighted by molar-refractivity contribution is 5.18. The molecular weight excluding hydrogens is 196 g/mol. The summed E-state index contributed by atoms with van der Waals surface area (Å²) in [6, 6.07) is 0. The van der Waals surface area contributed by atoms with Crippen molar-refractivity contribution in [2.45, 2.75) is 43.2 Å². The van der Waals surface area contributed by atoms with Crippen LogP contribution in [0.5, 0.6) is 0 Å². The first-order valence-corrected chi connectivity index (χ1v) is 5.51. The molecule has 2 bridgehead atoms. The molecule has 4 nitrogen and oxygen atoms in total. The maximum absolute atomic E-state index is 10.3. The summed E-state index contributed by atoms with van der Waals surface area (Å²) in [5.41, 5.74) is -0.889. The molecule has 0 spiro atoms. The minimum atomic E-state index is -0.889. The first-order chi connectivity index (χ1) is 7.19. The van der Waals surface area contributed by atoms with E-state index < -0.39 is 5.60 Å². The van der Waals surface area contributed by atoms with Crippen molar-refractivity contribution in [3.63, 3.8) is 0 Å². The van der Waals surface area contributed by atoms with Gasteiger partial charge in [-0.1, -0.05) is 6.58 Å². The minimum Gasteiger partial charge on any atom is -0.489 e. The maximum atomic E-state index is 10.3. The number of fused-ring (bicyclic) bond motifs is 4. The molecule has 0 unspecified atom stereocenters. The molecule has 1 N–H and O–H groups in total. The van der Waals surface area contributed by atoms with Gasteiger partial charge in [-0.2, -0.15) is 0 Å². The molecule has 15 heavy (non-hydrogen) atoms. The Morgan fingerprint density at radius 1 is 1.20 bits per heavy atom. The summed E-state index contributed by atoms with van der Waals surface area (Å²) < 4.78 is 17.0. The summed E-state index contributed by atoms with van der Waals surface area (Å²) in [5, 5.41) is 10.3. The summed E-state index contributed by atoms with van der Waals surface area (Å²) in [5.74, 6) is 0.479. The molecule has 3 fully saturated rings. The number of ether oxygens (including phenoxy) is 3. The molecule has 0 aromatic heterocycles. The van der Waals surface area contributed by atoms with E-state index in [9.17, 15) is 5.11 Å². The average molecular weight is 212 g/mol. The van der Waals surface area contributed by atoms with Gasteiger partial charge in [-0.15, -0.1) is 0 Å². The lowest BCUT2D eigenvalue weighted by Gasteiger charge is -2.35. The van der Waals surface area contributed by atoms with Crippen molar-refractivity contribution in [2.75, 3.05) is 13.2 Å². The molecule has 84 valence electrons. The van der Waals surface area contributed by atoms with E-state index in [-0.39, 0.29) is 18.3 Å². The van der Waals surface area contributed by atoms with Crippen LogP contribution in [-0.4, -0.2) is 42.2 Å². The lowest BCUT2D eigenvalue weighted by atomic mass is 9.81. The zero-order valence-electron chi connectivity index (χ0n) is 8.65. The Morgan fingerprint density at radius 2 is 1.93 bits per heavy atom. The van der Waals surface area contributed by atoms with Gasteiger partial charge in [-0.05, 0) is 6.42 Å². The van der Waals surface area contributed by atoms with Crippen LogP contribution in [0, 0.1) is 0 Å². The topological polar surface area (TPSA) is 47.9 Å². The normalized spacial score (nSPS) is 49.4. The third kappa shape index (κ3) is 1.40. The highest BCUT2D eigenvalue weighted by Gasteiger charge is 2.55. The number of hydrogen-bond acceptors (Lipinski definition) is 4. The van der Waals surface area contributed by atoms with Crippen LogP contribution < -0.4 is 0 Å². The van der Waals surface area contributed by atoms with Crippen LogP contribution in [0.4, 0.5) is 0 Å². The van der Waals surface area contributed by atoms with E-state index >= 15 is 0 Å². The van der Waals surface area contributed by atoms with E-state index in [1.807, 2.05) is 0 Å². The maximum Gasteiger partial charge on any atom is 0.130 e. The van der Waals surface area contributed by atoms with Gasteiger partial charge < -0.3 is 19.3 Å². The van der Waals surface area contributed by atoms with Crippen molar-refractivity contribution < 1.29 is 19.3 Å². The summed E-state index contributed by atoms with van der Waals surface area (Å²) in [4.78, 5) is 0. The van der Waals surface area contributed by atoms with E-state index in [2.05, 4.69) is 6.58 Å². The first-order valence-electron chi connectivity index (χ1n) is 5.51. The molecule has 0 radical (unpaired) electrons. The van der Waals surface area contributed by atoms with Crippen LogP contribution in [-0.2, 0) is 14.2 Å². The van der Waals surface area contributed by atoms with Gasteiger partial charge in [0.2, 0.25) is 0 Å². The summed E-state index contributed by atoms with van der Waals surface area (Å²) >= 11 is 0. The second-order valence-corrected chi connectivity index (χ2v) is 4.62. The molecule has 4 atom stereocenters. The molecule has 1 saturated carbocycles. The van der Waals surface area contributed by atoms with Crippen LogP contribution >= 0.6 is 0 Å². The van der Waals surface area contributed by atoms with E-state index in [4.69, 9.17) is 14.2 Å². The highest BCUT2D eigenvalue weighted by Crippen LogP contribution is 2.45. The fraction of sp³-hybridized carbons (Fsp3) is 0.818. The Labute approximate surface area is 88.8 Å². The quantitative estimate of drug-likeness (QED) is 0.638. The summed E-state index contributed by atoms with van der Waals surface area (Å²) in [6.07, 6.45) is 1.89. The summed E-state index contributed by atoms with van der Waals surface area (Å²) in [7, 11) is 0. The number of rotatable bonds is 0. The van der Waals surface area contributed by atoms with E-state index in [1.165, 1.54) is 0 Å². The second-order valence-electron chi connectivity index (χ2n) is 4.62. The summed E-state index contributed by atoms with van der Waals surface area (Å²) in [6.45, 7) is 5.19. The lowest BCUT2D eigenvalue weighted by Crippen LogP contribution is -2.49. The van der Waals surface area contributed by atoms with Crippen LogP contribution in [0.3, 0.4) is 0 Å². The largest absolute Gasteiger partial charge is 0.489 e. The van der Waals surface area contributed by atoms with Crippen molar-refractivity contribution in [3.8, 4) is 0 Å². The molecule has 0 aromatic carbocycles. The molecule has 2 heterocycles. The van der Waals surface area contributed by atoms with Crippen LogP contribution in [0.15, 0.2) is 12.3 Å². The van der Waals surface area contributed by atoms with Crippen molar-refractivity contribution in [1.29, 1.82) is 0 Å². The van der Waals surface area contributed by atoms with E-state index in [0.717, 1.165) is 6.42 Å². The molecule has 2 saturated heterocycles. The molecule has 3 rings (SSSR count).